The van der Waals surface area contributed by atoms with E-state index in [4.69, 9.17) is 5.73 Å². The van der Waals surface area contributed by atoms with Crippen LogP contribution in [0, 0.1) is 0 Å². The maximum absolute atomic E-state index is 12.3. The third-order valence-electron chi connectivity index (χ3n) is 2.07. The number of amides is 1. The fraction of sp³-hybridized carbons (Fsp3) is 0.667. The highest BCUT2D eigenvalue weighted by atomic mass is 19.4. The van der Waals surface area contributed by atoms with Crippen LogP contribution < -0.4 is 5.73 Å². The van der Waals surface area contributed by atoms with E-state index in [1.807, 2.05) is 0 Å². The Hall–Kier alpha value is -1.80. The number of aromatic nitrogens is 3. The largest absolute Gasteiger partial charge is 0.406 e. The van der Waals surface area contributed by atoms with Gasteiger partial charge in [0, 0.05) is 6.54 Å². The average molecular weight is 265 g/mol. The summed E-state index contributed by atoms with van der Waals surface area (Å²) in [5.41, 5.74) is 5.24. The predicted molar refractivity (Wildman–Crippen MR) is 57.4 cm³/mol. The van der Waals surface area contributed by atoms with Crippen molar-refractivity contribution in [1.29, 1.82) is 0 Å². The lowest BCUT2D eigenvalue weighted by molar-refractivity contribution is -0.161. The van der Waals surface area contributed by atoms with Crippen molar-refractivity contribution in [2.45, 2.75) is 26.1 Å². The molecule has 0 atom stereocenters. The molecule has 0 radical (unpaired) electrons. The monoisotopic (exact) mass is 265 g/mol. The van der Waals surface area contributed by atoms with Gasteiger partial charge in [-0.3, -0.25) is 4.79 Å². The van der Waals surface area contributed by atoms with Gasteiger partial charge in [0.25, 0.3) is 0 Å². The van der Waals surface area contributed by atoms with E-state index in [0.29, 0.717) is 6.42 Å². The van der Waals surface area contributed by atoms with Gasteiger partial charge in [0.05, 0.1) is 0 Å². The van der Waals surface area contributed by atoms with Gasteiger partial charge in [0.15, 0.2) is 0 Å². The Balaban J connectivity index is 2.64. The van der Waals surface area contributed by atoms with Gasteiger partial charge in [-0.1, -0.05) is 6.92 Å². The zero-order valence-electron chi connectivity index (χ0n) is 9.81. The number of nitrogens with zero attached hydrogens (tertiary/aromatic N) is 4. The third-order valence-corrected chi connectivity index (χ3v) is 2.07. The molecule has 102 valence electrons. The van der Waals surface area contributed by atoms with Gasteiger partial charge in [0.1, 0.15) is 19.4 Å². The molecule has 1 amide bonds. The lowest BCUT2D eigenvalue weighted by atomic mass is 10.3. The summed E-state index contributed by atoms with van der Waals surface area (Å²) >= 11 is 0. The summed E-state index contributed by atoms with van der Waals surface area (Å²) in [6.45, 7) is 0.177. The molecule has 6 nitrogen and oxygen atoms in total. The van der Waals surface area contributed by atoms with Crippen LogP contribution in [-0.2, 0) is 11.3 Å². The summed E-state index contributed by atoms with van der Waals surface area (Å²) in [5, 5.41) is 3.64. The predicted octanol–water partition coefficient (Wildman–Crippen LogP) is 0.661. The Morgan fingerprint density at radius 3 is 2.67 bits per heavy atom. The number of hydrogen-bond acceptors (Lipinski definition) is 4. The zero-order chi connectivity index (χ0) is 13.8. The number of hydrogen-bond donors (Lipinski definition) is 1. The fourth-order valence-corrected chi connectivity index (χ4v) is 1.40. The van der Waals surface area contributed by atoms with E-state index < -0.39 is 18.6 Å². The summed E-state index contributed by atoms with van der Waals surface area (Å²) in [6.07, 6.45) is -2.77. The number of carbonyl (C=O) groups is 1. The second kappa shape index (κ2) is 5.69. The molecule has 0 saturated heterocycles. The lowest BCUT2D eigenvalue weighted by Crippen LogP contribution is -2.41. The minimum Gasteiger partial charge on any atom is -0.367 e. The van der Waals surface area contributed by atoms with E-state index >= 15 is 0 Å². The van der Waals surface area contributed by atoms with Gasteiger partial charge in [0.2, 0.25) is 11.9 Å². The van der Waals surface area contributed by atoms with E-state index in [9.17, 15) is 18.0 Å². The van der Waals surface area contributed by atoms with Crippen molar-refractivity contribution < 1.29 is 18.0 Å². The summed E-state index contributed by atoms with van der Waals surface area (Å²) in [5.74, 6) is -0.695. The van der Waals surface area contributed by atoms with Crippen molar-refractivity contribution in [2.75, 3.05) is 18.8 Å². The molecule has 1 rings (SSSR count). The first-order valence-electron chi connectivity index (χ1n) is 5.31. The summed E-state index contributed by atoms with van der Waals surface area (Å²) < 4.78 is 38.0. The maximum Gasteiger partial charge on any atom is 0.406 e. The molecule has 0 aliphatic heterocycles. The Morgan fingerprint density at radius 1 is 1.56 bits per heavy atom. The van der Waals surface area contributed by atoms with Gasteiger partial charge in [-0.05, 0) is 6.42 Å². The normalized spacial score (nSPS) is 11.6. The maximum atomic E-state index is 12.3. The number of halogens is 3. The smallest absolute Gasteiger partial charge is 0.367 e. The second-order valence-corrected chi connectivity index (χ2v) is 3.73. The number of nitrogens with two attached hydrogens (primary N) is 1. The average Bonchev–Trinajstić information content (AvgIpc) is 2.61. The number of rotatable bonds is 5. The molecule has 0 aliphatic carbocycles. The zero-order valence-corrected chi connectivity index (χ0v) is 9.81. The van der Waals surface area contributed by atoms with Crippen molar-refractivity contribution in [3.63, 3.8) is 0 Å². The van der Waals surface area contributed by atoms with E-state index in [0.717, 1.165) is 9.58 Å². The Morgan fingerprint density at radius 2 is 2.22 bits per heavy atom. The Labute approximate surface area is 102 Å². The second-order valence-electron chi connectivity index (χ2n) is 3.73. The topological polar surface area (TPSA) is 77.0 Å². The van der Waals surface area contributed by atoms with E-state index in [2.05, 4.69) is 10.1 Å². The van der Waals surface area contributed by atoms with Crippen molar-refractivity contribution in [3.05, 3.63) is 6.33 Å². The molecule has 1 aromatic rings. The molecule has 0 aliphatic rings. The Kier molecular flexibility index (Phi) is 4.51. The number of anilines is 1. The first-order chi connectivity index (χ1) is 8.31. The summed E-state index contributed by atoms with van der Waals surface area (Å²) in [4.78, 5) is 16.0. The van der Waals surface area contributed by atoms with Crippen LogP contribution in [0.15, 0.2) is 6.33 Å². The number of carbonyl (C=O) groups excluding carboxylic acids is 1. The van der Waals surface area contributed by atoms with Gasteiger partial charge in [-0.2, -0.15) is 13.2 Å². The standard InChI is InChI=1S/C9H14F3N5O/c1-2-3-16(5-9(10,11)12)7(18)4-17-6-14-8(13)15-17/h6H,2-5H2,1H3,(H2,13,15). The van der Waals surface area contributed by atoms with Gasteiger partial charge in [-0.25, -0.2) is 9.67 Å². The van der Waals surface area contributed by atoms with Crippen molar-refractivity contribution in [2.24, 2.45) is 0 Å². The molecule has 18 heavy (non-hydrogen) atoms. The summed E-state index contributed by atoms with van der Waals surface area (Å²) in [7, 11) is 0. The molecular formula is C9H14F3N5O. The number of alkyl halides is 3. The van der Waals surface area contributed by atoms with Crippen molar-refractivity contribution in [3.8, 4) is 0 Å². The summed E-state index contributed by atoms with van der Waals surface area (Å²) in [6, 6.07) is 0. The highest BCUT2D eigenvalue weighted by Crippen LogP contribution is 2.17. The molecule has 1 heterocycles. The molecule has 0 bridgehead atoms. The van der Waals surface area contributed by atoms with Crippen LogP contribution in [0.2, 0.25) is 0 Å². The minimum atomic E-state index is -4.41. The molecule has 2 N–H and O–H groups in total. The first kappa shape index (κ1) is 14.3. The molecule has 9 heteroatoms. The van der Waals surface area contributed by atoms with Gasteiger partial charge < -0.3 is 10.6 Å². The molecule has 0 fully saturated rings. The van der Waals surface area contributed by atoms with Crippen LogP contribution in [0.5, 0.6) is 0 Å². The fourth-order valence-electron chi connectivity index (χ4n) is 1.40. The van der Waals surface area contributed by atoms with Crippen molar-refractivity contribution in [1.82, 2.24) is 19.7 Å². The van der Waals surface area contributed by atoms with E-state index in [-0.39, 0.29) is 19.0 Å². The lowest BCUT2D eigenvalue weighted by Gasteiger charge is -2.23. The molecule has 0 saturated carbocycles. The van der Waals surface area contributed by atoms with Crippen LogP contribution in [-0.4, -0.2) is 44.8 Å². The van der Waals surface area contributed by atoms with Crippen LogP contribution in [0.3, 0.4) is 0 Å². The highest BCUT2D eigenvalue weighted by molar-refractivity contribution is 5.75. The Bertz CT molecular complexity index is 403. The van der Waals surface area contributed by atoms with Gasteiger partial charge in [-0.15, -0.1) is 5.10 Å². The van der Waals surface area contributed by atoms with E-state index in [1.54, 1.807) is 6.92 Å². The molecule has 0 aromatic carbocycles. The van der Waals surface area contributed by atoms with Crippen molar-refractivity contribution >= 4 is 11.9 Å². The third kappa shape index (κ3) is 4.60. The van der Waals surface area contributed by atoms with Gasteiger partial charge >= 0.3 is 6.18 Å². The van der Waals surface area contributed by atoms with Crippen LogP contribution in [0.25, 0.3) is 0 Å². The quantitative estimate of drug-likeness (QED) is 0.848. The molecular weight excluding hydrogens is 251 g/mol. The molecule has 0 spiro atoms. The molecule has 0 unspecified atom stereocenters. The van der Waals surface area contributed by atoms with Crippen LogP contribution in [0.4, 0.5) is 19.1 Å². The highest BCUT2D eigenvalue weighted by Gasteiger charge is 2.32. The first-order valence-corrected chi connectivity index (χ1v) is 5.31. The van der Waals surface area contributed by atoms with Crippen LogP contribution in [0.1, 0.15) is 13.3 Å². The van der Waals surface area contributed by atoms with E-state index in [1.165, 1.54) is 6.33 Å². The molecule has 1 aromatic heterocycles. The number of nitrogen functional groups attached to an aromatic ring is 1. The van der Waals surface area contributed by atoms with Crippen LogP contribution >= 0.6 is 0 Å². The minimum absolute atomic E-state index is 0.0272. The SMILES string of the molecule is CCCN(CC(F)(F)F)C(=O)Cn1cnc(N)n1.